The molecule has 5 nitrogen and oxygen atoms in total. The molecule has 0 fully saturated rings. The van der Waals surface area contributed by atoms with E-state index in [1.807, 2.05) is 24.3 Å². The summed E-state index contributed by atoms with van der Waals surface area (Å²) in [7, 11) is 0. The van der Waals surface area contributed by atoms with E-state index in [4.69, 9.17) is 0 Å². The van der Waals surface area contributed by atoms with E-state index < -0.39 is 0 Å². The number of tetrazole rings is 1. The van der Waals surface area contributed by atoms with E-state index in [1.165, 1.54) is 9.75 Å². The number of anilines is 1. The molecule has 1 aromatic carbocycles. The third kappa shape index (κ3) is 2.73. The van der Waals surface area contributed by atoms with Gasteiger partial charge in [0, 0.05) is 20.8 Å². The first-order chi connectivity index (χ1) is 9.74. The van der Waals surface area contributed by atoms with Crippen molar-refractivity contribution >= 4 is 33.0 Å². The van der Waals surface area contributed by atoms with Gasteiger partial charge in [0.2, 0.25) is 0 Å². The van der Waals surface area contributed by atoms with Crippen molar-refractivity contribution in [2.45, 2.75) is 13.5 Å². The lowest BCUT2D eigenvalue weighted by Gasteiger charge is -2.10. The number of aromatic nitrogens is 4. The molecule has 0 bridgehead atoms. The maximum atomic E-state index is 3.93. The molecule has 0 atom stereocenters. The highest BCUT2D eigenvalue weighted by Crippen LogP contribution is 2.27. The summed E-state index contributed by atoms with van der Waals surface area (Å²) in [4.78, 5) is 2.57. The van der Waals surface area contributed by atoms with Crippen LogP contribution in [-0.4, -0.2) is 20.2 Å². The fourth-order valence-corrected chi connectivity index (χ4v) is 3.42. The molecule has 0 saturated heterocycles. The van der Waals surface area contributed by atoms with Gasteiger partial charge in [-0.25, -0.2) is 0 Å². The topological polar surface area (TPSA) is 55.6 Å². The van der Waals surface area contributed by atoms with Crippen LogP contribution in [0.4, 0.5) is 5.69 Å². The molecule has 3 rings (SSSR count). The number of hydrogen-bond acceptors (Lipinski definition) is 5. The molecule has 3 aromatic rings. The van der Waals surface area contributed by atoms with Gasteiger partial charge in [0.25, 0.3) is 0 Å². The van der Waals surface area contributed by atoms with E-state index in [0.29, 0.717) is 0 Å². The number of para-hydroxylation sites is 2. The Morgan fingerprint density at radius 2 is 2.20 bits per heavy atom. The third-order valence-electron chi connectivity index (χ3n) is 2.86. The van der Waals surface area contributed by atoms with Gasteiger partial charge in [0.15, 0.2) is 0 Å². The highest BCUT2D eigenvalue weighted by molar-refractivity contribution is 9.10. The van der Waals surface area contributed by atoms with Crippen LogP contribution in [0.25, 0.3) is 5.69 Å². The van der Waals surface area contributed by atoms with Gasteiger partial charge in [-0.15, -0.1) is 16.4 Å². The third-order valence-corrected chi connectivity index (χ3v) is 5.00. The predicted octanol–water partition coefficient (Wildman–Crippen LogP) is 3.41. The summed E-state index contributed by atoms with van der Waals surface area (Å²) in [5, 5.41) is 14.7. The quantitative estimate of drug-likeness (QED) is 0.784. The molecule has 0 spiro atoms. The van der Waals surface area contributed by atoms with Crippen molar-refractivity contribution in [3.63, 3.8) is 0 Å². The van der Waals surface area contributed by atoms with Crippen molar-refractivity contribution in [3.05, 3.63) is 50.9 Å². The second-order valence-electron chi connectivity index (χ2n) is 4.24. The van der Waals surface area contributed by atoms with Crippen LogP contribution in [0.2, 0.25) is 0 Å². The number of nitrogens with one attached hydrogen (secondary N) is 1. The molecular formula is C13H12BrN5S. The SMILES string of the molecule is Cc1sc(CNc2ccccc2-n2cnnn2)cc1Br. The van der Waals surface area contributed by atoms with Gasteiger partial charge in [-0.1, -0.05) is 12.1 Å². The van der Waals surface area contributed by atoms with Crippen LogP contribution in [0.15, 0.2) is 41.1 Å². The number of nitrogens with zero attached hydrogens (tertiary/aromatic N) is 4. The second-order valence-corrected chi connectivity index (χ2v) is 6.44. The Morgan fingerprint density at radius 3 is 2.90 bits per heavy atom. The zero-order valence-corrected chi connectivity index (χ0v) is 13.1. The number of rotatable bonds is 4. The van der Waals surface area contributed by atoms with Gasteiger partial charge in [-0.05, 0) is 51.5 Å². The molecule has 1 N–H and O–H groups in total. The standard InChI is InChI=1S/C13H12BrN5S/c1-9-11(14)6-10(20-9)7-15-12-4-2-3-5-13(12)19-8-16-17-18-19/h2-6,8,15H,7H2,1H3. The van der Waals surface area contributed by atoms with E-state index >= 15 is 0 Å². The van der Waals surface area contributed by atoms with Gasteiger partial charge in [-0.2, -0.15) is 4.68 Å². The minimum atomic E-state index is 0.774. The zero-order valence-electron chi connectivity index (χ0n) is 10.7. The molecular weight excluding hydrogens is 338 g/mol. The van der Waals surface area contributed by atoms with Crippen LogP contribution in [0.5, 0.6) is 0 Å². The first-order valence-corrected chi connectivity index (χ1v) is 7.66. The molecule has 0 aliphatic rings. The number of halogens is 1. The summed E-state index contributed by atoms with van der Waals surface area (Å²) < 4.78 is 2.81. The lowest BCUT2D eigenvalue weighted by molar-refractivity contribution is 0.789. The Balaban J connectivity index is 1.81. The van der Waals surface area contributed by atoms with Gasteiger partial charge >= 0.3 is 0 Å². The first-order valence-electron chi connectivity index (χ1n) is 6.05. The number of thiophene rings is 1. The lowest BCUT2D eigenvalue weighted by Crippen LogP contribution is -2.04. The molecule has 7 heteroatoms. The Morgan fingerprint density at radius 1 is 1.35 bits per heavy atom. The molecule has 0 aliphatic heterocycles. The summed E-state index contributed by atoms with van der Waals surface area (Å²) in [6.45, 7) is 2.88. The molecule has 0 saturated carbocycles. The van der Waals surface area contributed by atoms with E-state index in [1.54, 1.807) is 22.3 Å². The van der Waals surface area contributed by atoms with Crippen molar-refractivity contribution in [3.8, 4) is 5.69 Å². The van der Waals surface area contributed by atoms with E-state index in [2.05, 4.69) is 49.8 Å². The smallest absolute Gasteiger partial charge is 0.143 e. The van der Waals surface area contributed by atoms with Crippen LogP contribution >= 0.6 is 27.3 Å². The van der Waals surface area contributed by atoms with Crippen molar-refractivity contribution in [2.75, 3.05) is 5.32 Å². The lowest BCUT2D eigenvalue weighted by atomic mass is 10.2. The van der Waals surface area contributed by atoms with Crippen molar-refractivity contribution in [1.29, 1.82) is 0 Å². The molecule has 20 heavy (non-hydrogen) atoms. The number of benzene rings is 1. The number of aryl methyl sites for hydroxylation is 1. The molecule has 2 aromatic heterocycles. The molecule has 0 amide bonds. The first kappa shape index (κ1) is 13.3. The molecule has 2 heterocycles. The fourth-order valence-electron chi connectivity index (χ4n) is 1.88. The zero-order chi connectivity index (χ0) is 13.9. The number of hydrogen-bond donors (Lipinski definition) is 1. The van der Waals surface area contributed by atoms with Crippen LogP contribution in [-0.2, 0) is 6.54 Å². The monoisotopic (exact) mass is 349 g/mol. The van der Waals surface area contributed by atoms with E-state index in [9.17, 15) is 0 Å². The van der Waals surface area contributed by atoms with Crippen molar-refractivity contribution in [2.24, 2.45) is 0 Å². The van der Waals surface area contributed by atoms with Crippen LogP contribution in [0.1, 0.15) is 9.75 Å². The van der Waals surface area contributed by atoms with Crippen LogP contribution in [0, 0.1) is 6.92 Å². The molecule has 102 valence electrons. The van der Waals surface area contributed by atoms with Gasteiger partial charge in [-0.3, -0.25) is 0 Å². The second kappa shape index (κ2) is 5.72. The Kier molecular flexibility index (Phi) is 3.79. The normalized spacial score (nSPS) is 10.7. The van der Waals surface area contributed by atoms with E-state index in [0.717, 1.165) is 22.4 Å². The van der Waals surface area contributed by atoms with Crippen LogP contribution < -0.4 is 5.32 Å². The minimum Gasteiger partial charge on any atom is -0.378 e. The average molecular weight is 350 g/mol. The van der Waals surface area contributed by atoms with Crippen molar-refractivity contribution < 1.29 is 0 Å². The van der Waals surface area contributed by atoms with Gasteiger partial charge in [0.1, 0.15) is 6.33 Å². The largest absolute Gasteiger partial charge is 0.378 e. The predicted molar refractivity (Wildman–Crippen MR) is 83.2 cm³/mol. The summed E-state index contributed by atoms with van der Waals surface area (Å²) in [6.07, 6.45) is 1.59. The van der Waals surface area contributed by atoms with Gasteiger partial charge in [0.05, 0.1) is 11.4 Å². The fraction of sp³-hybridized carbons (Fsp3) is 0.154. The maximum absolute atomic E-state index is 3.93. The highest BCUT2D eigenvalue weighted by atomic mass is 79.9. The Hall–Kier alpha value is -1.73. The van der Waals surface area contributed by atoms with Crippen LogP contribution in [0.3, 0.4) is 0 Å². The molecule has 0 radical (unpaired) electrons. The summed E-state index contributed by atoms with van der Waals surface area (Å²) in [5.74, 6) is 0. The Labute approximate surface area is 128 Å². The molecule has 0 aliphatic carbocycles. The Bertz CT molecular complexity index is 688. The average Bonchev–Trinajstić information content (AvgIpc) is 3.08. The molecule has 0 unspecified atom stereocenters. The summed E-state index contributed by atoms with van der Waals surface area (Å²) in [5.41, 5.74) is 1.94. The maximum Gasteiger partial charge on any atom is 0.143 e. The minimum absolute atomic E-state index is 0.774. The van der Waals surface area contributed by atoms with Gasteiger partial charge < -0.3 is 5.32 Å². The van der Waals surface area contributed by atoms with Crippen molar-refractivity contribution in [1.82, 2.24) is 20.2 Å². The summed E-state index contributed by atoms with van der Waals surface area (Å²) in [6, 6.07) is 10.1. The van der Waals surface area contributed by atoms with E-state index in [-0.39, 0.29) is 0 Å². The summed E-state index contributed by atoms with van der Waals surface area (Å²) >= 11 is 5.32. The highest BCUT2D eigenvalue weighted by Gasteiger charge is 2.07.